The fraction of sp³-hybridized carbons (Fsp3) is 0.667. The van der Waals surface area contributed by atoms with Crippen LogP contribution in [0.5, 0.6) is 0 Å². The molecule has 132 valence electrons. The minimum Gasteiger partial charge on any atom is -0.368 e. The first-order chi connectivity index (χ1) is 11.6. The van der Waals surface area contributed by atoms with E-state index in [1.165, 1.54) is 5.56 Å². The second kappa shape index (κ2) is 7.49. The van der Waals surface area contributed by atoms with Crippen LogP contribution in [-0.2, 0) is 28.9 Å². The highest BCUT2D eigenvalue weighted by molar-refractivity contribution is 5.81. The molecule has 0 unspecified atom stereocenters. The van der Waals surface area contributed by atoms with Crippen LogP contribution in [0.1, 0.15) is 24.1 Å². The molecule has 1 fully saturated rings. The van der Waals surface area contributed by atoms with Gasteiger partial charge in [-0.15, -0.1) is 0 Å². The zero-order valence-corrected chi connectivity index (χ0v) is 14.7. The molecular weight excluding hydrogens is 306 g/mol. The van der Waals surface area contributed by atoms with E-state index in [0.29, 0.717) is 26.2 Å². The van der Waals surface area contributed by atoms with Gasteiger partial charge in [0.25, 0.3) is 11.5 Å². The summed E-state index contributed by atoms with van der Waals surface area (Å²) in [6.07, 6.45) is 3.07. The van der Waals surface area contributed by atoms with E-state index < -0.39 is 0 Å². The summed E-state index contributed by atoms with van der Waals surface area (Å²) in [7, 11) is 4.02. The van der Waals surface area contributed by atoms with Gasteiger partial charge < -0.3 is 19.1 Å². The third-order valence-electron chi connectivity index (χ3n) is 4.95. The van der Waals surface area contributed by atoms with Gasteiger partial charge in [-0.3, -0.25) is 9.59 Å². The summed E-state index contributed by atoms with van der Waals surface area (Å²) in [6.45, 7) is 3.58. The molecule has 1 saturated heterocycles. The van der Waals surface area contributed by atoms with Crippen LogP contribution in [0.25, 0.3) is 0 Å². The lowest BCUT2D eigenvalue weighted by molar-refractivity contribution is -0.140. The van der Waals surface area contributed by atoms with Gasteiger partial charge in [-0.2, -0.15) is 0 Å². The molecule has 0 radical (unpaired) electrons. The zero-order valence-electron chi connectivity index (χ0n) is 14.7. The van der Waals surface area contributed by atoms with Crippen molar-refractivity contribution in [2.45, 2.75) is 38.3 Å². The van der Waals surface area contributed by atoms with Crippen molar-refractivity contribution in [2.24, 2.45) is 0 Å². The smallest absolute Gasteiger partial charge is 0.251 e. The monoisotopic (exact) mass is 333 g/mol. The van der Waals surface area contributed by atoms with Crippen molar-refractivity contribution >= 4 is 5.91 Å². The van der Waals surface area contributed by atoms with Crippen LogP contribution in [0.2, 0.25) is 0 Å². The number of hydrogen-bond acceptors (Lipinski definition) is 4. The SMILES string of the molecule is CN(C)CCn1c2c(ccc1=O)CCN(C(=O)[C@H]1CCCO1)CC2. The van der Waals surface area contributed by atoms with Gasteiger partial charge in [0.05, 0.1) is 0 Å². The molecule has 6 heteroatoms. The topological polar surface area (TPSA) is 54.8 Å². The summed E-state index contributed by atoms with van der Waals surface area (Å²) in [5.41, 5.74) is 2.33. The number of likely N-dealkylation sites (N-methyl/N-ethyl adjacent to an activating group) is 1. The van der Waals surface area contributed by atoms with Crippen LogP contribution in [0.3, 0.4) is 0 Å². The number of amides is 1. The quantitative estimate of drug-likeness (QED) is 0.806. The minimum atomic E-state index is -0.262. The van der Waals surface area contributed by atoms with Crippen LogP contribution in [-0.4, -0.2) is 66.7 Å². The first-order valence-electron chi connectivity index (χ1n) is 8.83. The Labute approximate surface area is 143 Å². The Balaban J connectivity index is 1.76. The van der Waals surface area contributed by atoms with Crippen molar-refractivity contribution in [3.8, 4) is 0 Å². The molecule has 24 heavy (non-hydrogen) atoms. The number of hydrogen-bond donors (Lipinski definition) is 0. The summed E-state index contributed by atoms with van der Waals surface area (Å²) in [6, 6.07) is 3.59. The van der Waals surface area contributed by atoms with Crippen molar-refractivity contribution in [2.75, 3.05) is 40.3 Å². The maximum absolute atomic E-state index is 12.6. The molecule has 1 aromatic rings. The Bertz CT molecular complexity index is 647. The first-order valence-corrected chi connectivity index (χ1v) is 8.83. The number of fused-ring (bicyclic) bond motifs is 1. The van der Waals surface area contributed by atoms with Crippen LogP contribution in [0.15, 0.2) is 16.9 Å². The standard InChI is InChI=1S/C18H27N3O3/c1-19(2)11-12-21-15-8-10-20(18(23)16-4-3-13-24-16)9-7-14(15)5-6-17(21)22/h5-6,16H,3-4,7-13H2,1-2H3/t16-/m1/s1. The largest absolute Gasteiger partial charge is 0.368 e. The molecule has 2 aliphatic heterocycles. The average molecular weight is 333 g/mol. The Morgan fingerprint density at radius 2 is 2.08 bits per heavy atom. The fourth-order valence-electron chi connectivity index (χ4n) is 3.54. The molecule has 0 aromatic carbocycles. The second-order valence-corrected chi connectivity index (χ2v) is 6.93. The number of carbonyl (C=O) groups excluding carboxylic acids is 1. The molecule has 0 saturated carbocycles. The number of aromatic nitrogens is 1. The maximum atomic E-state index is 12.6. The molecule has 0 bridgehead atoms. The third kappa shape index (κ3) is 3.70. The van der Waals surface area contributed by atoms with E-state index in [-0.39, 0.29) is 17.6 Å². The van der Waals surface area contributed by atoms with E-state index in [1.54, 1.807) is 6.07 Å². The normalized spacial score (nSPS) is 21.0. The molecule has 2 aliphatic rings. The van der Waals surface area contributed by atoms with Crippen molar-refractivity contribution in [1.29, 1.82) is 0 Å². The Morgan fingerprint density at radius 3 is 2.79 bits per heavy atom. The van der Waals surface area contributed by atoms with E-state index in [9.17, 15) is 9.59 Å². The van der Waals surface area contributed by atoms with E-state index in [4.69, 9.17) is 4.74 Å². The summed E-state index contributed by atoms with van der Waals surface area (Å²) in [5.74, 6) is 0.113. The lowest BCUT2D eigenvalue weighted by Crippen LogP contribution is -2.40. The van der Waals surface area contributed by atoms with E-state index in [1.807, 2.05) is 29.6 Å². The van der Waals surface area contributed by atoms with Gasteiger partial charge in [0.1, 0.15) is 6.10 Å². The van der Waals surface area contributed by atoms with Crippen molar-refractivity contribution in [1.82, 2.24) is 14.4 Å². The highest BCUT2D eigenvalue weighted by Crippen LogP contribution is 2.19. The molecule has 1 aromatic heterocycles. The molecule has 6 nitrogen and oxygen atoms in total. The summed E-state index contributed by atoms with van der Waals surface area (Å²) in [4.78, 5) is 28.9. The number of carbonyl (C=O) groups is 1. The van der Waals surface area contributed by atoms with Gasteiger partial charge in [0.15, 0.2) is 0 Å². The lowest BCUT2D eigenvalue weighted by atomic mass is 10.1. The Hall–Kier alpha value is -1.66. The second-order valence-electron chi connectivity index (χ2n) is 6.93. The Morgan fingerprint density at radius 1 is 1.29 bits per heavy atom. The molecule has 1 amide bonds. The third-order valence-corrected chi connectivity index (χ3v) is 4.95. The predicted octanol–water partition coefficient (Wildman–Crippen LogP) is 0.516. The van der Waals surface area contributed by atoms with Crippen LogP contribution < -0.4 is 5.56 Å². The molecule has 1 atom stereocenters. The lowest BCUT2D eigenvalue weighted by Gasteiger charge is -2.23. The van der Waals surface area contributed by atoms with Crippen molar-refractivity contribution in [3.63, 3.8) is 0 Å². The number of ether oxygens (including phenoxy) is 1. The summed E-state index contributed by atoms with van der Waals surface area (Å²) in [5, 5.41) is 0. The average Bonchev–Trinajstić information content (AvgIpc) is 3.00. The van der Waals surface area contributed by atoms with Gasteiger partial charge in [-0.05, 0) is 38.9 Å². The predicted molar refractivity (Wildman–Crippen MR) is 92.2 cm³/mol. The van der Waals surface area contributed by atoms with Crippen LogP contribution in [0.4, 0.5) is 0 Å². The molecule has 0 N–H and O–H groups in total. The fourth-order valence-corrected chi connectivity index (χ4v) is 3.54. The van der Waals surface area contributed by atoms with Gasteiger partial charge in [-0.25, -0.2) is 0 Å². The van der Waals surface area contributed by atoms with E-state index in [0.717, 1.165) is 37.9 Å². The molecule has 0 aliphatic carbocycles. The van der Waals surface area contributed by atoms with Gasteiger partial charge in [0.2, 0.25) is 0 Å². The summed E-state index contributed by atoms with van der Waals surface area (Å²) < 4.78 is 7.43. The van der Waals surface area contributed by atoms with Gasteiger partial charge >= 0.3 is 0 Å². The molecule has 3 rings (SSSR count). The molecule has 3 heterocycles. The van der Waals surface area contributed by atoms with E-state index in [2.05, 4.69) is 4.90 Å². The Kier molecular flexibility index (Phi) is 5.36. The first kappa shape index (κ1) is 17.2. The maximum Gasteiger partial charge on any atom is 0.251 e. The van der Waals surface area contributed by atoms with E-state index >= 15 is 0 Å². The zero-order chi connectivity index (χ0) is 17.1. The van der Waals surface area contributed by atoms with Crippen molar-refractivity contribution in [3.05, 3.63) is 33.7 Å². The number of nitrogens with zero attached hydrogens (tertiary/aromatic N) is 3. The number of rotatable bonds is 4. The highest BCUT2D eigenvalue weighted by Gasteiger charge is 2.29. The van der Waals surface area contributed by atoms with Crippen molar-refractivity contribution < 1.29 is 9.53 Å². The minimum absolute atomic E-state index is 0.0505. The van der Waals surface area contributed by atoms with Crippen LogP contribution >= 0.6 is 0 Å². The molecule has 0 spiro atoms. The summed E-state index contributed by atoms with van der Waals surface area (Å²) >= 11 is 0. The molecular formula is C18H27N3O3. The highest BCUT2D eigenvalue weighted by atomic mass is 16.5. The van der Waals surface area contributed by atoms with Gasteiger partial charge in [0, 0.05) is 51.0 Å². The van der Waals surface area contributed by atoms with Gasteiger partial charge in [-0.1, -0.05) is 6.07 Å². The number of pyridine rings is 1. The van der Waals surface area contributed by atoms with Crippen LogP contribution in [0, 0.1) is 0 Å².